The Morgan fingerprint density at radius 1 is 1.24 bits per heavy atom. The molecule has 0 aliphatic carbocycles. The number of hydrogen-bond acceptors (Lipinski definition) is 2. The summed E-state index contributed by atoms with van der Waals surface area (Å²) in [6.07, 6.45) is 0.388. The molecule has 113 valence electrons. The summed E-state index contributed by atoms with van der Waals surface area (Å²) in [7, 11) is 0. The van der Waals surface area contributed by atoms with Crippen LogP contribution in [0.25, 0.3) is 0 Å². The molecule has 1 rings (SSSR count). The standard InChI is InChI=1S/C17H23NO2.Y/c1-7-15(19)17(5,6)18(16(20)12(2)3)14-11-9-8-10-13(14)4;/h8-11H,4,7H2,1-3,5-6H3;/q-2;. The van der Waals surface area contributed by atoms with Gasteiger partial charge in [0.05, 0.1) is 11.4 Å². The molecule has 0 N–H and O–H groups in total. The van der Waals surface area contributed by atoms with E-state index in [4.69, 9.17) is 0 Å². The number of hydrogen-bond donors (Lipinski definition) is 0. The van der Waals surface area contributed by atoms with Crippen molar-refractivity contribution in [1.29, 1.82) is 0 Å². The predicted molar refractivity (Wildman–Crippen MR) is 82.4 cm³/mol. The van der Waals surface area contributed by atoms with Gasteiger partial charge in [-0.3, -0.25) is 10.7 Å². The van der Waals surface area contributed by atoms with E-state index in [2.05, 4.69) is 6.92 Å². The summed E-state index contributed by atoms with van der Waals surface area (Å²) in [6, 6.07) is 7.38. The van der Waals surface area contributed by atoms with Crippen LogP contribution in [0.3, 0.4) is 0 Å². The Morgan fingerprint density at radius 3 is 2.19 bits per heavy atom. The monoisotopic (exact) mass is 362 g/mol. The molecular weight excluding hydrogens is 339 g/mol. The minimum Gasteiger partial charge on any atom is -0.379 e. The van der Waals surface area contributed by atoms with Gasteiger partial charge in [0, 0.05) is 39.1 Å². The molecule has 3 nitrogen and oxygen atoms in total. The topological polar surface area (TPSA) is 37.4 Å². The third kappa shape index (κ3) is 4.34. The third-order valence-electron chi connectivity index (χ3n) is 3.43. The number of nitrogens with zero attached hydrogens (tertiary/aromatic N) is 1. The normalized spacial score (nSPS) is 10.5. The van der Waals surface area contributed by atoms with Crippen LogP contribution in [-0.4, -0.2) is 17.2 Å². The zero-order chi connectivity index (χ0) is 15.5. The second-order valence-corrected chi connectivity index (χ2v) is 5.61. The molecule has 0 saturated carbocycles. The van der Waals surface area contributed by atoms with Gasteiger partial charge in [0.15, 0.2) is 5.78 Å². The van der Waals surface area contributed by atoms with Crippen LogP contribution in [-0.2, 0) is 42.3 Å². The van der Waals surface area contributed by atoms with Gasteiger partial charge in [0.2, 0.25) is 0 Å². The summed E-state index contributed by atoms with van der Waals surface area (Å²) in [5.74, 6) is 0.522. The number of para-hydroxylation sites is 1. The molecule has 1 aromatic carbocycles. The van der Waals surface area contributed by atoms with Gasteiger partial charge in [-0.25, -0.2) is 0 Å². The van der Waals surface area contributed by atoms with Gasteiger partial charge < -0.3 is 9.69 Å². The fraction of sp³-hybridized carbons (Fsp3) is 0.412. The maximum Gasteiger partial charge on any atom is 0.156 e. The van der Waals surface area contributed by atoms with Crippen molar-refractivity contribution in [2.45, 2.75) is 46.6 Å². The molecule has 1 radical (unpaired) electrons. The summed E-state index contributed by atoms with van der Waals surface area (Å²) < 4.78 is 0. The number of amides is 1. The Balaban J connectivity index is 0.00000400. The van der Waals surface area contributed by atoms with Gasteiger partial charge in [-0.05, 0) is 13.8 Å². The quantitative estimate of drug-likeness (QED) is 0.751. The van der Waals surface area contributed by atoms with Gasteiger partial charge in [0.1, 0.15) is 0 Å². The molecule has 0 fully saturated rings. The smallest absolute Gasteiger partial charge is 0.156 e. The number of ketones is 1. The van der Waals surface area contributed by atoms with Gasteiger partial charge in [-0.1, -0.05) is 24.7 Å². The van der Waals surface area contributed by atoms with E-state index in [1.165, 1.54) is 0 Å². The molecule has 0 saturated heterocycles. The van der Waals surface area contributed by atoms with E-state index >= 15 is 0 Å². The van der Waals surface area contributed by atoms with E-state index in [9.17, 15) is 9.59 Å². The average Bonchev–Trinajstić information content (AvgIpc) is 2.39. The fourth-order valence-electron chi connectivity index (χ4n) is 2.17. The van der Waals surface area contributed by atoms with Crippen LogP contribution in [0.15, 0.2) is 24.3 Å². The molecule has 1 aromatic rings. The molecule has 0 unspecified atom stereocenters. The predicted octanol–water partition coefficient (Wildman–Crippen LogP) is 3.57. The largest absolute Gasteiger partial charge is 0.379 e. The molecular formula is C17H23NO2Y-2. The van der Waals surface area contributed by atoms with Crippen molar-refractivity contribution in [3.05, 3.63) is 42.7 Å². The first-order valence-electron chi connectivity index (χ1n) is 6.82. The number of benzene rings is 1. The molecule has 0 aromatic heterocycles. The van der Waals surface area contributed by atoms with Crippen LogP contribution in [0.1, 0.15) is 46.6 Å². The molecule has 4 heteroatoms. The van der Waals surface area contributed by atoms with Crippen LogP contribution in [0.5, 0.6) is 0 Å². The minimum atomic E-state index is -0.892. The minimum absolute atomic E-state index is 0. The van der Waals surface area contributed by atoms with E-state index in [0.29, 0.717) is 18.0 Å². The van der Waals surface area contributed by atoms with E-state index in [-0.39, 0.29) is 44.4 Å². The fourth-order valence-corrected chi connectivity index (χ4v) is 2.17. The van der Waals surface area contributed by atoms with Crippen molar-refractivity contribution < 1.29 is 42.3 Å². The first-order chi connectivity index (χ1) is 9.23. The number of anilines is 1. The van der Waals surface area contributed by atoms with Crippen LogP contribution >= 0.6 is 0 Å². The van der Waals surface area contributed by atoms with E-state index < -0.39 is 5.54 Å². The van der Waals surface area contributed by atoms with Crippen LogP contribution < -0.4 is 4.90 Å². The van der Waals surface area contributed by atoms with Crippen molar-refractivity contribution >= 4 is 17.4 Å². The summed E-state index contributed by atoms with van der Waals surface area (Å²) in [5, 5.41) is 0. The maximum atomic E-state index is 12.6. The van der Waals surface area contributed by atoms with E-state index in [0.717, 1.165) is 5.56 Å². The summed E-state index contributed by atoms with van der Waals surface area (Å²) in [6.45, 7) is 12.9. The summed E-state index contributed by atoms with van der Waals surface area (Å²) >= 11 is 0. The Labute approximate surface area is 153 Å². The first kappa shape index (κ1) is 20.2. The van der Waals surface area contributed by atoms with Gasteiger partial charge >= 0.3 is 0 Å². The van der Waals surface area contributed by atoms with Crippen LogP contribution in [0, 0.1) is 12.8 Å². The molecule has 0 aliphatic rings. The number of carbonyl (C=O) groups is 2. The van der Waals surface area contributed by atoms with Crippen molar-refractivity contribution in [1.82, 2.24) is 0 Å². The summed E-state index contributed by atoms with van der Waals surface area (Å²) in [4.78, 5) is 26.4. The third-order valence-corrected chi connectivity index (χ3v) is 3.43. The van der Waals surface area contributed by atoms with Crippen LogP contribution in [0.4, 0.5) is 5.69 Å². The Kier molecular flexibility index (Phi) is 7.70. The van der Waals surface area contributed by atoms with E-state index in [1.54, 1.807) is 32.6 Å². The molecule has 0 atom stereocenters. The van der Waals surface area contributed by atoms with Crippen molar-refractivity contribution in [2.24, 2.45) is 0 Å². The van der Waals surface area contributed by atoms with Crippen LogP contribution in [0.2, 0.25) is 0 Å². The van der Waals surface area contributed by atoms with Gasteiger partial charge in [-0.2, -0.15) is 32.4 Å². The number of carbonyl (C=O) groups excluding carboxylic acids is 2. The zero-order valence-electron chi connectivity index (χ0n) is 13.6. The first-order valence-corrected chi connectivity index (χ1v) is 6.82. The number of Topliss-reactive ketones (excluding diaryl/α,β-unsaturated/α-hetero) is 1. The molecule has 0 bridgehead atoms. The Bertz CT molecular complexity index is 509. The molecule has 1 amide bonds. The Hall–Kier alpha value is -0.796. The zero-order valence-corrected chi connectivity index (χ0v) is 16.4. The van der Waals surface area contributed by atoms with E-state index in [1.807, 2.05) is 31.2 Å². The van der Waals surface area contributed by atoms with Gasteiger partial charge in [-0.15, -0.1) is 6.07 Å². The maximum absolute atomic E-state index is 12.6. The molecule has 0 aliphatic heterocycles. The SMILES string of the molecule is [CH2-]c1ccccc1N(C(=O)[C-](C)C)C(C)(C)C(=O)CC.[Y]. The second-order valence-electron chi connectivity index (χ2n) is 5.61. The van der Waals surface area contributed by atoms with Crippen molar-refractivity contribution in [3.63, 3.8) is 0 Å². The van der Waals surface area contributed by atoms with Gasteiger partial charge in [0.25, 0.3) is 0 Å². The molecule has 21 heavy (non-hydrogen) atoms. The Morgan fingerprint density at radius 2 is 1.76 bits per heavy atom. The second kappa shape index (κ2) is 8.00. The van der Waals surface area contributed by atoms with Crippen molar-refractivity contribution in [3.8, 4) is 0 Å². The molecule has 0 spiro atoms. The van der Waals surface area contributed by atoms with Crippen molar-refractivity contribution in [2.75, 3.05) is 4.90 Å². The molecule has 0 heterocycles. The summed E-state index contributed by atoms with van der Waals surface area (Å²) in [5.41, 5.74) is 0.529. The average molecular weight is 362 g/mol. The number of rotatable bonds is 5.